The minimum Gasteiger partial charge on any atom is -0.367 e. The molecule has 5 heteroatoms. The van der Waals surface area contributed by atoms with E-state index in [1.165, 1.54) is 18.2 Å². The van der Waals surface area contributed by atoms with Crippen molar-refractivity contribution in [2.45, 2.75) is 45.4 Å². The van der Waals surface area contributed by atoms with Gasteiger partial charge in [-0.1, -0.05) is 32.0 Å². The fourth-order valence-electron chi connectivity index (χ4n) is 2.29. The Kier molecular flexibility index (Phi) is 5.34. The minimum absolute atomic E-state index is 0.279. The summed E-state index contributed by atoms with van der Waals surface area (Å²) < 4.78 is 44.5. The number of hydrogen-bond donors (Lipinski definition) is 0. The molecule has 0 N–H and O–H groups in total. The van der Waals surface area contributed by atoms with Crippen LogP contribution in [-0.4, -0.2) is 18.0 Å². The van der Waals surface area contributed by atoms with Crippen LogP contribution in [0, 0.1) is 0 Å². The van der Waals surface area contributed by atoms with Gasteiger partial charge in [-0.25, -0.2) is 0 Å². The third kappa shape index (κ3) is 3.20. The van der Waals surface area contributed by atoms with Crippen LogP contribution in [0.3, 0.4) is 0 Å². The van der Waals surface area contributed by atoms with Gasteiger partial charge in [0.1, 0.15) is 5.60 Å². The molecule has 0 radical (unpaired) electrons. The Morgan fingerprint density at radius 1 is 1.10 bits per heavy atom. The first-order valence-electron chi connectivity index (χ1n) is 6.67. The minimum atomic E-state index is -4.55. The van der Waals surface area contributed by atoms with E-state index in [4.69, 9.17) is 4.74 Å². The van der Waals surface area contributed by atoms with Crippen LogP contribution < -0.4 is 0 Å². The molecule has 0 aliphatic heterocycles. The second kappa shape index (κ2) is 6.39. The van der Waals surface area contributed by atoms with Crippen molar-refractivity contribution in [3.8, 4) is 0 Å². The van der Waals surface area contributed by atoms with Crippen LogP contribution in [0.4, 0.5) is 13.2 Å². The summed E-state index contributed by atoms with van der Waals surface area (Å²) in [4.78, 5) is 12.6. The van der Waals surface area contributed by atoms with Crippen molar-refractivity contribution in [1.82, 2.24) is 0 Å². The van der Waals surface area contributed by atoms with Gasteiger partial charge in [-0.3, -0.25) is 4.79 Å². The van der Waals surface area contributed by atoms with Gasteiger partial charge in [0.2, 0.25) is 0 Å². The molecule has 0 amide bonds. The summed E-state index contributed by atoms with van der Waals surface area (Å²) in [5, 5.41) is 0. The zero-order valence-corrected chi connectivity index (χ0v) is 11.9. The average molecular weight is 288 g/mol. The van der Waals surface area contributed by atoms with E-state index in [2.05, 4.69) is 0 Å². The van der Waals surface area contributed by atoms with Crippen molar-refractivity contribution in [3.63, 3.8) is 0 Å². The van der Waals surface area contributed by atoms with Gasteiger partial charge < -0.3 is 4.74 Å². The summed E-state index contributed by atoms with van der Waals surface area (Å²) in [6.07, 6.45) is -3.88. The van der Waals surface area contributed by atoms with Gasteiger partial charge in [0.05, 0.1) is 5.56 Å². The summed E-state index contributed by atoms with van der Waals surface area (Å²) in [5.74, 6) is -0.600. The number of carbonyl (C=O) groups excluding carboxylic acids is 1. The van der Waals surface area contributed by atoms with Gasteiger partial charge in [-0.05, 0) is 25.8 Å². The van der Waals surface area contributed by atoms with Crippen molar-refractivity contribution < 1.29 is 22.7 Å². The first-order chi connectivity index (χ1) is 9.32. The summed E-state index contributed by atoms with van der Waals surface area (Å²) >= 11 is 0. The van der Waals surface area contributed by atoms with Crippen molar-refractivity contribution in [1.29, 1.82) is 0 Å². The Morgan fingerprint density at radius 2 is 1.65 bits per heavy atom. The van der Waals surface area contributed by atoms with Crippen LogP contribution in [0.25, 0.3) is 0 Å². The standard InChI is InChI=1S/C15H19F3O2/c1-4-14(5-2,20-6-3)13(19)11-9-7-8-10-12(11)15(16,17)18/h7-10H,4-6H2,1-3H3. The van der Waals surface area contributed by atoms with Gasteiger partial charge in [0, 0.05) is 12.2 Å². The second-order valence-corrected chi connectivity index (χ2v) is 4.51. The summed E-state index contributed by atoms with van der Waals surface area (Å²) in [6.45, 7) is 5.49. The van der Waals surface area contributed by atoms with Crippen LogP contribution in [0.1, 0.15) is 49.5 Å². The van der Waals surface area contributed by atoms with E-state index in [1.54, 1.807) is 20.8 Å². The van der Waals surface area contributed by atoms with E-state index in [0.717, 1.165) is 6.07 Å². The maximum Gasteiger partial charge on any atom is 0.417 e. The fourth-order valence-corrected chi connectivity index (χ4v) is 2.29. The Bertz CT molecular complexity index is 462. The van der Waals surface area contributed by atoms with Gasteiger partial charge >= 0.3 is 6.18 Å². The highest BCUT2D eigenvalue weighted by Gasteiger charge is 2.41. The molecule has 0 fully saturated rings. The number of ketones is 1. The first kappa shape index (κ1) is 16.7. The lowest BCUT2D eigenvalue weighted by Gasteiger charge is -2.30. The Balaban J connectivity index is 3.33. The number of hydrogen-bond acceptors (Lipinski definition) is 2. The third-order valence-corrected chi connectivity index (χ3v) is 3.45. The zero-order chi connectivity index (χ0) is 15.4. The molecule has 0 aliphatic rings. The zero-order valence-electron chi connectivity index (χ0n) is 11.9. The average Bonchev–Trinajstić information content (AvgIpc) is 2.43. The van der Waals surface area contributed by atoms with Crippen molar-refractivity contribution >= 4 is 5.78 Å². The normalized spacial score (nSPS) is 12.5. The quantitative estimate of drug-likeness (QED) is 0.721. The van der Waals surface area contributed by atoms with Crippen molar-refractivity contribution in [3.05, 3.63) is 35.4 Å². The number of halogens is 3. The van der Waals surface area contributed by atoms with E-state index >= 15 is 0 Å². The second-order valence-electron chi connectivity index (χ2n) is 4.51. The molecule has 0 spiro atoms. The maximum atomic E-state index is 13.0. The monoisotopic (exact) mass is 288 g/mol. The molecule has 20 heavy (non-hydrogen) atoms. The van der Waals surface area contributed by atoms with E-state index < -0.39 is 23.1 Å². The van der Waals surface area contributed by atoms with Crippen molar-refractivity contribution in [2.75, 3.05) is 6.61 Å². The molecule has 0 saturated carbocycles. The molecule has 0 bridgehead atoms. The molecule has 1 aromatic rings. The molecule has 1 aromatic carbocycles. The molecule has 0 saturated heterocycles. The van der Waals surface area contributed by atoms with Crippen LogP contribution in [0.15, 0.2) is 24.3 Å². The lowest BCUT2D eigenvalue weighted by Crippen LogP contribution is -2.41. The lowest BCUT2D eigenvalue weighted by atomic mass is 9.85. The van der Waals surface area contributed by atoms with E-state index in [1.807, 2.05) is 0 Å². The SMILES string of the molecule is CCOC(CC)(CC)C(=O)c1ccccc1C(F)(F)F. The number of rotatable bonds is 6. The molecule has 0 unspecified atom stereocenters. The number of carbonyl (C=O) groups is 1. The molecule has 0 aliphatic carbocycles. The van der Waals surface area contributed by atoms with E-state index in [0.29, 0.717) is 12.8 Å². The highest BCUT2D eigenvalue weighted by molar-refractivity contribution is 6.03. The third-order valence-electron chi connectivity index (χ3n) is 3.45. The molecule has 0 atom stereocenters. The Labute approximate surface area is 116 Å². The van der Waals surface area contributed by atoms with Gasteiger partial charge in [0.25, 0.3) is 0 Å². The first-order valence-corrected chi connectivity index (χ1v) is 6.67. The van der Waals surface area contributed by atoms with E-state index in [9.17, 15) is 18.0 Å². The van der Waals surface area contributed by atoms with Crippen molar-refractivity contribution in [2.24, 2.45) is 0 Å². The predicted molar refractivity (Wildman–Crippen MR) is 70.7 cm³/mol. The van der Waals surface area contributed by atoms with E-state index in [-0.39, 0.29) is 12.2 Å². The molecule has 0 heterocycles. The molecular formula is C15H19F3O2. The predicted octanol–water partition coefficient (Wildman–Crippen LogP) is 4.48. The number of benzene rings is 1. The lowest BCUT2D eigenvalue weighted by molar-refractivity contribution is -0.138. The molecule has 112 valence electrons. The highest BCUT2D eigenvalue weighted by atomic mass is 19.4. The summed E-state index contributed by atoms with van der Waals surface area (Å²) in [7, 11) is 0. The fraction of sp³-hybridized carbons (Fsp3) is 0.533. The summed E-state index contributed by atoms with van der Waals surface area (Å²) in [6, 6.07) is 4.85. The number of ether oxygens (including phenoxy) is 1. The Morgan fingerprint density at radius 3 is 2.10 bits per heavy atom. The van der Waals surface area contributed by atoms with Gasteiger partial charge in [0.15, 0.2) is 5.78 Å². The van der Waals surface area contributed by atoms with Gasteiger partial charge in [-0.2, -0.15) is 13.2 Å². The van der Waals surface area contributed by atoms with Crippen LogP contribution in [0.2, 0.25) is 0 Å². The maximum absolute atomic E-state index is 13.0. The Hall–Kier alpha value is -1.36. The molecular weight excluding hydrogens is 269 g/mol. The molecule has 0 aromatic heterocycles. The largest absolute Gasteiger partial charge is 0.417 e. The highest BCUT2D eigenvalue weighted by Crippen LogP contribution is 2.35. The van der Waals surface area contributed by atoms with Crippen LogP contribution in [0.5, 0.6) is 0 Å². The van der Waals surface area contributed by atoms with Crippen LogP contribution >= 0.6 is 0 Å². The number of alkyl halides is 3. The summed E-state index contributed by atoms with van der Waals surface area (Å²) in [5.41, 5.74) is -2.41. The topological polar surface area (TPSA) is 26.3 Å². The van der Waals surface area contributed by atoms with Crippen LogP contribution in [-0.2, 0) is 10.9 Å². The number of Topliss-reactive ketones (excluding diaryl/α,β-unsaturated/α-hetero) is 1. The smallest absolute Gasteiger partial charge is 0.367 e. The molecule has 2 nitrogen and oxygen atoms in total. The van der Waals surface area contributed by atoms with Gasteiger partial charge in [-0.15, -0.1) is 0 Å². The molecule has 1 rings (SSSR count).